The molecule has 1 heterocycles. The number of urea groups is 1. The fourth-order valence-corrected chi connectivity index (χ4v) is 4.13. The van der Waals surface area contributed by atoms with E-state index < -0.39 is 0 Å². The van der Waals surface area contributed by atoms with E-state index in [2.05, 4.69) is 28.1 Å². The van der Waals surface area contributed by atoms with E-state index in [1.54, 1.807) is 0 Å². The van der Waals surface area contributed by atoms with Gasteiger partial charge in [0.2, 0.25) is 5.91 Å². The van der Waals surface area contributed by atoms with E-state index >= 15 is 0 Å². The van der Waals surface area contributed by atoms with Gasteiger partial charge in [-0.05, 0) is 44.2 Å². The highest BCUT2D eigenvalue weighted by Crippen LogP contribution is 2.18. The topological polar surface area (TPSA) is 73.5 Å². The Labute approximate surface area is 168 Å². The zero-order valence-electron chi connectivity index (χ0n) is 16.8. The molecule has 1 saturated heterocycles. The van der Waals surface area contributed by atoms with Gasteiger partial charge in [0.15, 0.2) is 0 Å². The maximum Gasteiger partial charge on any atom is 0.315 e. The maximum atomic E-state index is 12.4. The lowest BCUT2D eigenvalue weighted by Gasteiger charge is -2.33. The van der Waals surface area contributed by atoms with Gasteiger partial charge in [0, 0.05) is 43.8 Å². The average Bonchev–Trinajstić information content (AvgIpc) is 2.73. The Kier molecular flexibility index (Phi) is 8.00. The maximum absolute atomic E-state index is 12.4. The van der Waals surface area contributed by atoms with Gasteiger partial charge < -0.3 is 20.9 Å². The molecule has 6 nitrogen and oxygen atoms in total. The fourth-order valence-electron chi connectivity index (χ4n) is 4.13. The summed E-state index contributed by atoms with van der Waals surface area (Å²) in [7, 11) is 0. The van der Waals surface area contributed by atoms with Crippen molar-refractivity contribution in [2.45, 2.75) is 69.9 Å². The van der Waals surface area contributed by atoms with Crippen molar-refractivity contribution in [1.82, 2.24) is 15.5 Å². The summed E-state index contributed by atoms with van der Waals surface area (Å²) in [5.74, 6) is 0.202. The van der Waals surface area contributed by atoms with Gasteiger partial charge in [-0.2, -0.15) is 0 Å². The summed E-state index contributed by atoms with van der Waals surface area (Å²) in [6.45, 7) is 2.16. The number of likely N-dealkylation sites (tertiary alicyclic amines) is 1. The highest BCUT2D eigenvalue weighted by molar-refractivity contribution is 5.76. The zero-order chi connectivity index (χ0) is 19.6. The molecule has 1 saturated carbocycles. The van der Waals surface area contributed by atoms with Gasteiger partial charge in [0.1, 0.15) is 0 Å². The molecule has 1 aromatic carbocycles. The van der Waals surface area contributed by atoms with Crippen LogP contribution in [0.5, 0.6) is 0 Å². The van der Waals surface area contributed by atoms with Crippen LogP contribution >= 0.6 is 0 Å². The third-order valence-corrected chi connectivity index (χ3v) is 5.79. The Morgan fingerprint density at radius 2 is 1.64 bits per heavy atom. The number of amides is 3. The molecule has 0 radical (unpaired) electrons. The summed E-state index contributed by atoms with van der Waals surface area (Å²) in [5, 5.41) is 9.48. The Balaban J connectivity index is 1.26. The number of benzene rings is 1. The number of carbonyl (C=O) groups excluding carboxylic acids is 2. The molecule has 3 rings (SSSR count). The third kappa shape index (κ3) is 6.73. The van der Waals surface area contributed by atoms with Crippen molar-refractivity contribution in [3.8, 4) is 0 Å². The predicted octanol–water partition coefficient (Wildman–Crippen LogP) is 3.50. The van der Waals surface area contributed by atoms with Crippen molar-refractivity contribution in [3.63, 3.8) is 0 Å². The van der Waals surface area contributed by atoms with E-state index in [1.807, 2.05) is 23.1 Å². The second kappa shape index (κ2) is 10.9. The molecular weight excluding hydrogens is 352 g/mol. The molecule has 1 aliphatic heterocycles. The van der Waals surface area contributed by atoms with Crippen LogP contribution in [0.15, 0.2) is 30.3 Å². The number of anilines is 1. The molecule has 6 heteroatoms. The Bertz CT molecular complexity index is 608. The first-order chi connectivity index (χ1) is 13.7. The first-order valence-corrected chi connectivity index (χ1v) is 10.8. The lowest BCUT2D eigenvalue weighted by atomic mass is 9.96. The lowest BCUT2D eigenvalue weighted by Crippen LogP contribution is -2.44. The number of para-hydroxylation sites is 1. The highest BCUT2D eigenvalue weighted by Gasteiger charge is 2.22. The summed E-state index contributed by atoms with van der Waals surface area (Å²) >= 11 is 0. The standard InChI is InChI=1S/C22H34N4O2/c27-21(12-7-15-23-22(28)25-19-10-5-2-6-11-19)26-16-13-20(14-17-26)24-18-8-3-1-4-9-18/h1,3-4,8-9,19-20,24H,2,5-7,10-17H2,(H2,23,25,28). The highest BCUT2D eigenvalue weighted by atomic mass is 16.2. The summed E-state index contributed by atoms with van der Waals surface area (Å²) < 4.78 is 0. The van der Waals surface area contributed by atoms with Crippen LogP contribution in [0, 0.1) is 0 Å². The summed E-state index contributed by atoms with van der Waals surface area (Å²) in [4.78, 5) is 26.3. The molecule has 1 aromatic rings. The van der Waals surface area contributed by atoms with Gasteiger partial charge in [-0.15, -0.1) is 0 Å². The monoisotopic (exact) mass is 386 g/mol. The van der Waals surface area contributed by atoms with Crippen molar-refractivity contribution >= 4 is 17.6 Å². The first-order valence-electron chi connectivity index (χ1n) is 10.8. The lowest BCUT2D eigenvalue weighted by molar-refractivity contribution is -0.132. The molecule has 0 atom stereocenters. The van der Waals surface area contributed by atoms with Crippen molar-refractivity contribution in [2.75, 3.05) is 25.0 Å². The van der Waals surface area contributed by atoms with Crippen molar-refractivity contribution in [3.05, 3.63) is 30.3 Å². The van der Waals surface area contributed by atoms with Crippen LogP contribution < -0.4 is 16.0 Å². The van der Waals surface area contributed by atoms with Crippen molar-refractivity contribution in [2.24, 2.45) is 0 Å². The number of hydrogen-bond donors (Lipinski definition) is 3. The van der Waals surface area contributed by atoms with Crippen LogP contribution in [0.25, 0.3) is 0 Å². The quantitative estimate of drug-likeness (QED) is 0.628. The number of hydrogen-bond acceptors (Lipinski definition) is 3. The molecular formula is C22H34N4O2. The van der Waals surface area contributed by atoms with Crippen molar-refractivity contribution in [1.29, 1.82) is 0 Å². The molecule has 28 heavy (non-hydrogen) atoms. The molecule has 2 fully saturated rings. The van der Waals surface area contributed by atoms with Crippen LogP contribution in [0.3, 0.4) is 0 Å². The molecule has 154 valence electrons. The minimum Gasteiger partial charge on any atom is -0.382 e. The van der Waals surface area contributed by atoms with E-state index in [0.29, 0.717) is 31.5 Å². The van der Waals surface area contributed by atoms with Gasteiger partial charge in [0.05, 0.1) is 0 Å². The number of piperidine rings is 1. The van der Waals surface area contributed by atoms with Crippen LogP contribution in [0.1, 0.15) is 57.8 Å². The minimum absolute atomic E-state index is 0.0906. The van der Waals surface area contributed by atoms with E-state index in [-0.39, 0.29) is 11.9 Å². The van der Waals surface area contributed by atoms with E-state index in [0.717, 1.165) is 44.5 Å². The first kappa shape index (κ1) is 20.5. The summed E-state index contributed by atoms with van der Waals surface area (Å²) in [6.07, 6.45) is 9.00. The van der Waals surface area contributed by atoms with E-state index in [1.165, 1.54) is 19.3 Å². The largest absolute Gasteiger partial charge is 0.382 e. The second-order valence-electron chi connectivity index (χ2n) is 8.00. The van der Waals surface area contributed by atoms with Gasteiger partial charge in [-0.3, -0.25) is 4.79 Å². The molecule has 0 bridgehead atoms. The van der Waals surface area contributed by atoms with Crippen LogP contribution in [0.2, 0.25) is 0 Å². The van der Waals surface area contributed by atoms with Crippen molar-refractivity contribution < 1.29 is 9.59 Å². The molecule has 0 spiro atoms. The van der Waals surface area contributed by atoms with Crippen LogP contribution in [0.4, 0.5) is 10.5 Å². The zero-order valence-corrected chi connectivity index (χ0v) is 16.8. The van der Waals surface area contributed by atoms with E-state index in [4.69, 9.17) is 0 Å². The van der Waals surface area contributed by atoms with Crippen LogP contribution in [-0.2, 0) is 4.79 Å². The van der Waals surface area contributed by atoms with Gasteiger partial charge in [-0.25, -0.2) is 4.79 Å². The van der Waals surface area contributed by atoms with Gasteiger partial charge in [-0.1, -0.05) is 37.5 Å². The summed E-state index contributed by atoms with van der Waals surface area (Å²) in [6, 6.07) is 10.9. The molecule has 1 aliphatic carbocycles. The molecule has 0 unspecified atom stereocenters. The molecule has 2 aliphatic rings. The molecule has 3 amide bonds. The smallest absolute Gasteiger partial charge is 0.315 e. The Morgan fingerprint density at radius 1 is 0.929 bits per heavy atom. The SMILES string of the molecule is O=C(NCCCC(=O)N1CCC(Nc2ccccc2)CC1)NC1CCCCC1. The number of nitrogens with zero attached hydrogens (tertiary/aromatic N) is 1. The minimum atomic E-state index is -0.0906. The number of nitrogens with one attached hydrogen (secondary N) is 3. The normalized spacial score (nSPS) is 18.5. The van der Waals surface area contributed by atoms with Gasteiger partial charge >= 0.3 is 6.03 Å². The third-order valence-electron chi connectivity index (χ3n) is 5.79. The Morgan fingerprint density at radius 3 is 2.36 bits per heavy atom. The second-order valence-corrected chi connectivity index (χ2v) is 8.00. The van der Waals surface area contributed by atoms with Crippen LogP contribution in [-0.4, -0.2) is 48.6 Å². The Hall–Kier alpha value is -2.24. The predicted molar refractivity (Wildman–Crippen MR) is 112 cm³/mol. The van der Waals surface area contributed by atoms with Gasteiger partial charge in [0.25, 0.3) is 0 Å². The molecule has 0 aromatic heterocycles. The number of carbonyl (C=O) groups is 2. The fraction of sp³-hybridized carbons (Fsp3) is 0.636. The van der Waals surface area contributed by atoms with E-state index in [9.17, 15) is 9.59 Å². The average molecular weight is 387 g/mol. The number of rotatable bonds is 7. The summed E-state index contributed by atoms with van der Waals surface area (Å²) in [5.41, 5.74) is 1.14. The molecule has 3 N–H and O–H groups in total.